The van der Waals surface area contributed by atoms with Crippen LogP contribution >= 0.6 is 0 Å². The number of rotatable bonds is 7. The van der Waals surface area contributed by atoms with Crippen molar-refractivity contribution in [1.82, 2.24) is 10.2 Å². The van der Waals surface area contributed by atoms with Crippen LogP contribution in [0.4, 0.5) is 0 Å². The summed E-state index contributed by atoms with van der Waals surface area (Å²) < 4.78 is 10.9. The topological polar surface area (TPSA) is 46.1 Å². The largest absolute Gasteiger partial charge is 0.380 e. The van der Waals surface area contributed by atoms with Crippen molar-refractivity contribution in [3.05, 3.63) is 11.8 Å². The predicted octanol–water partition coefficient (Wildman–Crippen LogP) is 1.26. The van der Waals surface area contributed by atoms with E-state index in [1.807, 2.05) is 13.1 Å². The molecule has 5 nitrogen and oxygen atoms in total. The van der Waals surface area contributed by atoms with Gasteiger partial charge in [-0.1, -0.05) is 0 Å². The summed E-state index contributed by atoms with van der Waals surface area (Å²) in [6.07, 6.45) is 4.72. The molecule has 1 fully saturated rings. The standard InChI is InChI=1S/C14H27N3O2/c1-6-15-9-12(11-18-4)10-16-13-7-8-17(3)14(13,2)19-5/h6,9,13,16H,7-8,10-11H2,1-5H3/b12-9+,15-6?. The van der Waals surface area contributed by atoms with Crippen LogP contribution in [0.1, 0.15) is 20.3 Å². The van der Waals surface area contributed by atoms with E-state index in [0.717, 1.165) is 25.1 Å². The number of nitrogens with one attached hydrogen (secondary N) is 1. The number of methoxy groups -OCH3 is 2. The van der Waals surface area contributed by atoms with Crippen LogP contribution in [0.15, 0.2) is 16.8 Å². The van der Waals surface area contributed by atoms with Crippen molar-refractivity contribution in [3.8, 4) is 0 Å². The van der Waals surface area contributed by atoms with Gasteiger partial charge in [0.05, 0.1) is 12.6 Å². The fourth-order valence-corrected chi connectivity index (χ4v) is 2.42. The van der Waals surface area contributed by atoms with E-state index in [0.29, 0.717) is 12.6 Å². The van der Waals surface area contributed by atoms with E-state index in [1.54, 1.807) is 20.4 Å². The molecule has 1 aliphatic rings. The molecule has 1 rings (SSSR count). The van der Waals surface area contributed by atoms with Gasteiger partial charge in [-0.25, -0.2) is 0 Å². The molecule has 1 N–H and O–H groups in total. The van der Waals surface area contributed by atoms with Gasteiger partial charge in [-0.2, -0.15) is 0 Å². The first-order chi connectivity index (χ1) is 9.08. The van der Waals surface area contributed by atoms with Crippen LogP contribution in [0.25, 0.3) is 0 Å². The van der Waals surface area contributed by atoms with Gasteiger partial charge in [0.2, 0.25) is 0 Å². The summed E-state index contributed by atoms with van der Waals surface area (Å²) >= 11 is 0. The van der Waals surface area contributed by atoms with Crippen molar-refractivity contribution >= 4 is 6.21 Å². The van der Waals surface area contributed by atoms with E-state index in [2.05, 4.69) is 29.2 Å². The van der Waals surface area contributed by atoms with E-state index in [-0.39, 0.29) is 5.72 Å². The van der Waals surface area contributed by atoms with Gasteiger partial charge in [-0.05, 0) is 32.9 Å². The van der Waals surface area contributed by atoms with E-state index in [9.17, 15) is 0 Å². The van der Waals surface area contributed by atoms with Crippen LogP contribution in [0.5, 0.6) is 0 Å². The number of likely N-dealkylation sites (N-methyl/N-ethyl adjacent to an activating group) is 1. The first kappa shape index (κ1) is 16.3. The zero-order valence-corrected chi connectivity index (χ0v) is 12.8. The summed E-state index contributed by atoms with van der Waals surface area (Å²) in [5.74, 6) is 0. The number of nitrogens with zero attached hydrogens (tertiary/aromatic N) is 2. The van der Waals surface area contributed by atoms with E-state index < -0.39 is 0 Å². The lowest BCUT2D eigenvalue weighted by Gasteiger charge is -2.36. The second-order valence-corrected chi connectivity index (χ2v) is 5.03. The Bertz CT molecular complexity index is 331. The molecule has 1 heterocycles. The van der Waals surface area contributed by atoms with Crippen LogP contribution in [0, 0.1) is 0 Å². The maximum atomic E-state index is 5.68. The Balaban J connectivity index is 2.59. The number of hydrogen-bond acceptors (Lipinski definition) is 5. The normalized spacial score (nSPS) is 29.5. The van der Waals surface area contributed by atoms with Gasteiger partial charge in [0, 0.05) is 39.7 Å². The molecule has 5 heteroatoms. The molecule has 2 unspecified atom stereocenters. The van der Waals surface area contributed by atoms with E-state index >= 15 is 0 Å². The minimum absolute atomic E-state index is 0.244. The van der Waals surface area contributed by atoms with Gasteiger partial charge in [0.25, 0.3) is 0 Å². The molecule has 0 radical (unpaired) electrons. The summed E-state index contributed by atoms with van der Waals surface area (Å²) in [4.78, 5) is 6.40. The monoisotopic (exact) mass is 269 g/mol. The molecule has 1 aliphatic heterocycles. The molecule has 0 aliphatic carbocycles. The molecule has 0 aromatic carbocycles. The van der Waals surface area contributed by atoms with Gasteiger partial charge in [-0.15, -0.1) is 0 Å². The van der Waals surface area contributed by atoms with Gasteiger partial charge in [0.1, 0.15) is 5.72 Å². The molecule has 0 aromatic heterocycles. The highest BCUT2D eigenvalue weighted by Gasteiger charge is 2.43. The third kappa shape index (κ3) is 4.11. The summed E-state index contributed by atoms with van der Waals surface area (Å²) in [7, 11) is 5.56. The van der Waals surface area contributed by atoms with Crippen LogP contribution in [-0.2, 0) is 9.47 Å². The Labute approximate surface area is 116 Å². The maximum Gasteiger partial charge on any atom is 0.133 e. The number of ether oxygens (including phenoxy) is 2. The van der Waals surface area contributed by atoms with Crippen molar-refractivity contribution < 1.29 is 9.47 Å². The Morgan fingerprint density at radius 2 is 2.26 bits per heavy atom. The van der Waals surface area contributed by atoms with E-state index in [4.69, 9.17) is 9.47 Å². The number of aliphatic imine (C=N–C) groups is 1. The summed E-state index contributed by atoms with van der Waals surface area (Å²) in [5, 5.41) is 3.56. The van der Waals surface area contributed by atoms with Gasteiger partial charge in [0.15, 0.2) is 0 Å². The third-order valence-electron chi connectivity index (χ3n) is 3.88. The first-order valence-electron chi connectivity index (χ1n) is 6.73. The predicted molar refractivity (Wildman–Crippen MR) is 78.6 cm³/mol. The molecule has 0 bridgehead atoms. The minimum atomic E-state index is -0.244. The fourth-order valence-electron chi connectivity index (χ4n) is 2.42. The molecular weight excluding hydrogens is 242 g/mol. The highest BCUT2D eigenvalue weighted by atomic mass is 16.5. The summed E-state index contributed by atoms with van der Waals surface area (Å²) in [6, 6.07) is 0.313. The van der Waals surface area contributed by atoms with Gasteiger partial charge in [-0.3, -0.25) is 9.89 Å². The molecular formula is C14H27N3O2. The van der Waals surface area contributed by atoms with Gasteiger partial charge < -0.3 is 14.8 Å². The molecule has 0 saturated carbocycles. The number of likely N-dealkylation sites (tertiary alicyclic amines) is 1. The average molecular weight is 269 g/mol. The average Bonchev–Trinajstić information content (AvgIpc) is 2.70. The van der Waals surface area contributed by atoms with Crippen molar-refractivity contribution in [2.75, 3.05) is 41.0 Å². The molecule has 1 saturated heterocycles. The second kappa shape index (κ2) is 7.75. The Morgan fingerprint density at radius 3 is 2.84 bits per heavy atom. The van der Waals surface area contributed by atoms with Crippen LogP contribution in [-0.4, -0.2) is 63.8 Å². The zero-order chi connectivity index (χ0) is 14.3. The molecule has 0 spiro atoms. The Kier molecular flexibility index (Phi) is 6.65. The van der Waals surface area contributed by atoms with Gasteiger partial charge >= 0.3 is 0 Å². The lowest BCUT2D eigenvalue weighted by molar-refractivity contribution is -0.101. The smallest absolute Gasteiger partial charge is 0.133 e. The second-order valence-electron chi connectivity index (χ2n) is 5.03. The van der Waals surface area contributed by atoms with Crippen molar-refractivity contribution in [1.29, 1.82) is 0 Å². The highest BCUT2D eigenvalue weighted by molar-refractivity contribution is 5.54. The summed E-state index contributed by atoms with van der Waals surface area (Å²) in [5.41, 5.74) is 0.889. The van der Waals surface area contributed by atoms with Crippen molar-refractivity contribution in [2.24, 2.45) is 4.99 Å². The zero-order valence-electron chi connectivity index (χ0n) is 12.8. The van der Waals surface area contributed by atoms with Crippen molar-refractivity contribution in [2.45, 2.75) is 32.0 Å². The summed E-state index contributed by atoms with van der Waals surface area (Å²) in [6.45, 7) is 6.43. The Hall–Kier alpha value is -0.750. The highest BCUT2D eigenvalue weighted by Crippen LogP contribution is 2.28. The molecule has 0 amide bonds. The maximum absolute atomic E-state index is 5.68. The lowest BCUT2D eigenvalue weighted by atomic mass is 10.1. The van der Waals surface area contributed by atoms with Crippen LogP contribution < -0.4 is 5.32 Å². The van der Waals surface area contributed by atoms with Crippen LogP contribution in [0.3, 0.4) is 0 Å². The van der Waals surface area contributed by atoms with Crippen molar-refractivity contribution in [3.63, 3.8) is 0 Å². The number of hydrogen-bond donors (Lipinski definition) is 1. The molecule has 110 valence electrons. The quantitative estimate of drug-likeness (QED) is 0.707. The lowest BCUT2D eigenvalue weighted by Crippen LogP contribution is -2.53. The first-order valence-corrected chi connectivity index (χ1v) is 6.73. The van der Waals surface area contributed by atoms with Crippen LogP contribution in [0.2, 0.25) is 0 Å². The molecule has 19 heavy (non-hydrogen) atoms. The SMILES string of the molecule is CC=N/C=C(\CNC1CCN(C)C1(C)OC)COC. The molecule has 2 atom stereocenters. The molecule has 0 aromatic rings. The Morgan fingerprint density at radius 1 is 1.53 bits per heavy atom. The third-order valence-corrected chi connectivity index (χ3v) is 3.88. The minimum Gasteiger partial charge on any atom is -0.380 e. The van der Waals surface area contributed by atoms with E-state index in [1.165, 1.54) is 0 Å². The fraction of sp³-hybridized carbons (Fsp3) is 0.786.